The van der Waals surface area contributed by atoms with E-state index < -0.39 is 12.6 Å². The number of likely N-dealkylation sites (tertiary alicyclic amines) is 1. The molecule has 0 amide bonds. The van der Waals surface area contributed by atoms with Crippen LogP contribution < -0.4 is 0 Å². The molecule has 24 heavy (non-hydrogen) atoms. The summed E-state index contributed by atoms with van der Waals surface area (Å²) < 4.78 is 42.8. The van der Waals surface area contributed by atoms with Crippen molar-refractivity contribution in [2.24, 2.45) is 5.92 Å². The molecule has 0 spiro atoms. The third-order valence-electron chi connectivity index (χ3n) is 4.45. The first-order chi connectivity index (χ1) is 11.3. The van der Waals surface area contributed by atoms with Crippen molar-refractivity contribution < 1.29 is 17.9 Å². The summed E-state index contributed by atoms with van der Waals surface area (Å²) >= 11 is 0. The molecule has 0 unspecified atom stereocenters. The minimum absolute atomic E-state index is 0.339. The highest BCUT2D eigenvalue weighted by atomic mass is 19.4. The number of nitrogens with zero attached hydrogens (tertiary/aromatic N) is 1. The Bertz CT molecular complexity index is 476. The van der Waals surface area contributed by atoms with E-state index in [4.69, 9.17) is 4.74 Å². The topological polar surface area (TPSA) is 12.5 Å². The second-order valence-electron chi connectivity index (χ2n) is 7.12. The van der Waals surface area contributed by atoms with Gasteiger partial charge < -0.3 is 9.64 Å². The average Bonchev–Trinajstić information content (AvgIpc) is 2.51. The number of halogens is 3. The largest absolute Gasteiger partial charge is 0.393 e. The lowest BCUT2D eigenvalue weighted by Crippen LogP contribution is -2.35. The van der Waals surface area contributed by atoms with Gasteiger partial charge in [0.1, 0.15) is 0 Å². The standard InChI is InChI=1S/C19H28F3NO/c1-15(2)14-24-12-11-23-9-7-18(8-10-23)17-5-3-16(4-6-17)13-19(20,21)22/h3-6,15,18H,7-14H2,1-2H3. The molecule has 5 heteroatoms. The molecule has 1 heterocycles. The highest BCUT2D eigenvalue weighted by Gasteiger charge is 2.27. The van der Waals surface area contributed by atoms with E-state index in [0.29, 0.717) is 17.4 Å². The molecule has 2 nitrogen and oxygen atoms in total. The lowest BCUT2D eigenvalue weighted by molar-refractivity contribution is -0.127. The van der Waals surface area contributed by atoms with Crippen LogP contribution in [-0.4, -0.2) is 43.9 Å². The van der Waals surface area contributed by atoms with Gasteiger partial charge in [0.15, 0.2) is 0 Å². The Morgan fingerprint density at radius 1 is 1.12 bits per heavy atom. The van der Waals surface area contributed by atoms with E-state index in [9.17, 15) is 13.2 Å². The van der Waals surface area contributed by atoms with Gasteiger partial charge in [-0.15, -0.1) is 0 Å². The summed E-state index contributed by atoms with van der Waals surface area (Å²) in [7, 11) is 0. The van der Waals surface area contributed by atoms with Crippen LogP contribution in [0.4, 0.5) is 13.2 Å². The van der Waals surface area contributed by atoms with Gasteiger partial charge in [-0.1, -0.05) is 38.1 Å². The number of rotatable bonds is 7. The van der Waals surface area contributed by atoms with Crippen molar-refractivity contribution in [3.63, 3.8) is 0 Å². The summed E-state index contributed by atoms with van der Waals surface area (Å²) in [5.74, 6) is 1.02. The van der Waals surface area contributed by atoms with Crippen molar-refractivity contribution in [3.05, 3.63) is 35.4 Å². The predicted molar refractivity (Wildman–Crippen MR) is 90.3 cm³/mol. The summed E-state index contributed by atoms with van der Waals surface area (Å²) in [6, 6.07) is 6.98. The van der Waals surface area contributed by atoms with E-state index in [-0.39, 0.29) is 0 Å². The molecule has 1 fully saturated rings. The van der Waals surface area contributed by atoms with E-state index in [1.165, 1.54) is 0 Å². The van der Waals surface area contributed by atoms with Crippen molar-refractivity contribution in [3.8, 4) is 0 Å². The highest BCUT2D eigenvalue weighted by Crippen LogP contribution is 2.29. The molecule has 0 saturated carbocycles. The number of hydrogen-bond donors (Lipinski definition) is 0. The maximum absolute atomic E-state index is 12.4. The zero-order chi connectivity index (χ0) is 17.6. The van der Waals surface area contributed by atoms with Crippen molar-refractivity contribution >= 4 is 0 Å². The maximum Gasteiger partial charge on any atom is 0.393 e. The monoisotopic (exact) mass is 343 g/mol. The van der Waals surface area contributed by atoms with Gasteiger partial charge in [0.25, 0.3) is 0 Å². The van der Waals surface area contributed by atoms with Crippen molar-refractivity contribution in [1.29, 1.82) is 0 Å². The van der Waals surface area contributed by atoms with Gasteiger partial charge >= 0.3 is 6.18 Å². The number of ether oxygens (including phenoxy) is 1. The molecule has 1 aromatic rings. The molecule has 0 aliphatic carbocycles. The first-order valence-electron chi connectivity index (χ1n) is 8.79. The van der Waals surface area contributed by atoms with Gasteiger partial charge in [-0.25, -0.2) is 0 Å². The van der Waals surface area contributed by atoms with Gasteiger partial charge in [0.05, 0.1) is 13.0 Å². The number of hydrogen-bond acceptors (Lipinski definition) is 2. The minimum Gasteiger partial charge on any atom is -0.380 e. The SMILES string of the molecule is CC(C)COCCN1CCC(c2ccc(CC(F)(F)F)cc2)CC1. The molecule has 2 rings (SSSR count). The van der Waals surface area contributed by atoms with Gasteiger partial charge in [-0.05, 0) is 48.9 Å². The van der Waals surface area contributed by atoms with Crippen LogP contribution in [0.2, 0.25) is 0 Å². The maximum atomic E-state index is 12.4. The van der Waals surface area contributed by atoms with Crippen LogP contribution in [0.1, 0.15) is 43.7 Å². The molecular weight excluding hydrogens is 315 g/mol. The zero-order valence-electron chi connectivity index (χ0n) is 14.6. The van der Waals surface area contributed by atoms with Crippen LogP contribution >= 0.6 is 0 Å². The molecule has 0 atom stereocenters. The third-order valence-corrected chi connectivity index (χ3v) is 4.45. The van der Waals surface area contributed by atoms with Crippen LogP contribution in [0.25, 0.3) is 0 Å². The molecule has 0 bridgehead atoms. The first kappa shape index (κ1) is 19.3. The fourth-order valence-corrected chi connectivity index (χ4v) is 3.14. The molecule has 1 aliphatic heterocycles. The Morgan fingerprint density at radius 3 is 2.29 bits per heavy atom. The lowest BCUT2D eigenvalue weighted by atomic mass is 9.89. The molecule has 1 aromatic carbocycles. The van der Waals surface area contributed by atoms with Gasteiger partial charge in [-0.2, -0.15) is 13.2 Å². The van der Waals surface area contributed by atoms with Crippen LogP contribution in [0.3, 0.4) is 0 Å². The fraction of sp³-hybridized carbons (Fsp3) is 0.684. The summed E-state index contributed by atoms with van der Waals surface area (Å²) in [6.07, 6.45) is -2.86. The second kappa shape index (κ2) is 8.86. The van der Waals surface area contributed by atoms with E-state index in [0.717, 1.165) is 51.3 Å². The summed E-state index contributed by atoms with van der Waals surface area (Å²) in [5, 5.41) is 0. The average molecular weight is 343 g/mol. The molecule has 136 valence electrons. The number of benzene rings is 1. The molecule has 0 aromatic heterocycles. The Hall–Kier alpha value is -1.07. The van der Waals surface area contributed by atoms with E-state index in [1.54, 1.807) is 12.1 Å². The van der Waals surface area contributed by atoms with E-state index in [1.807, 2.05) is 12.1 Å². The lowest BCUT2D eigenvalue weighted by Gasteiger charge is -2.32. The summed E-state index contributed by atoms with van der Waals surface area (Å²) in [4.78, 5) is 2.41. The van der Waals surface area contributed by atoms with Crippen molar-refractivity contribution in [1.82, 2.24) is 4.90 Å². The smallest absolute Gasteiger partial charge is 0.380 e. The minimum atomic E-state index is -4.13. The molecule has 1 aliphatic rings. The first-order valence-corrected chi connectivity index (χ1v) is 8.79. The van der Waals surface area contributed by atoms with Gasteiger partial charge in [0.2, 0.25) is 0 Å². The van der Waals surface area contributed by atoms with Crippen LogP contribution in [0, 0.1) is 5.92 Å². The zero-order valence-corrected chi connectivity index (χ0v) is 14.6. The molecule has 0 N–H and O–H groups in total. The fourth-order valence-electron chi connectivity index (χ4n) is 3.14. The quantitative estimate of drug-likeness (QED) is 0.669. The summed E-state index contributed by atoms with van der Waals surface area (Å²) in [5.41, 5.74) is 1.50. The second-order valence-corrected chi connectivity index (χ2v) is 7.12. The molecular formula is C19H28F3NO. The predicted octanol–water partition coefficient (Wildman–Crippen LogP) is 4.64. The summed E-state index contributed by atoms with van der Waals surface area (Å²) in [6.45, 7) is 8.89. The van der Waals surface area contributed by atoms with Gasteiger partial charge in [-0.3, -0.25) is 0 Å². The molecule has 0 radical (unpaired) electrons. The Labute approximate surface area is 143 Å². The third kappa shape index (κ3) is 6.81. The normalized spacial score (nSPS) is 17.6. The molecule has 1 saturated heterocycles. The van der Waals surface area contributed by atoms with Crippen LogP contribution in [0.15, 0.2) is 24.3 Å². The Morgan fingerprint density at radius 2 is 1.75 bits per heavy atom. The van der Waals surface area contributed by atoms with Gasteiger partial charge in [0, 0.05) is 13.2 Å². The number of alkyl halides is 3. The van der Waals surface area contributed by atoms with E-state index >= 15 is 0 Å². The van der Waals surface area contributed by atoms with Crippen molar-refractivity contribution in [2.45, 2.75) is 45.2 Å². The van der Waals surface area contributed by atoms with Crippen LogP contribution in [-0.2, 0) is 11.2 Å². The number of piperidine rings is 1. The Kier molecular flexibility index (Phi) is 7.11. The van der Waals surface area contributed by atoms with Crippen LogP contribution in [0.5, 0.6) is 0 Å². The Balaban J connectivity index is 1.74. The van der Waals surface area contributed by atoms with Crippen molar-refractivity contribution in [2.75, 3.05) is 32.8 Å². The highest BCUT2D eigenvalue weighted by molar-refractivity contribution is 5.26. The van der Waals surface area contributed by atoms with E-state index in [2.05, 4.69) is 18.7 Å².